The molecule has 0 saturated carbocycles. The molecule has 23 heavy (non-hydrogen) atoms. The van der Waals surface area contributed by atoms with Gasteiger partial charge in [-0.25, -0.2) is 9.66 Å². The minimum Gasteiger partial charge on any atom is -0.497 e. The molecule has 0 bridgehead atoms. The third-order valence-corrected chi connectivity index (χ3v) is 3.48. The highest BCUT2D eigenvalue weighted by atomic mass is 16.5. The van der Waals surface area contributed by atoms with Gasteiger partial charge in [0, 0.05) is 0 Å². The first kappa shape index (κ1) is 14.8. The van der Waals surface area contributed by atoms with Crippen molar-refractivity contribution in [2.24, 2.45) is 5.10 Å². The molecule has 0 aliphatic heterocycles. The molecule has 0 aliphatic rings. The molecule has 2 N–H and O–H groups in total. The smallest absolute Gasteiger partial charge is 0.221 e. The maximum absolute atomic E-state index is 5.78. The van der Waals surface area contributed by atoms with E-state index in [0.29, 0.717) is 5.95 Å². The van der Waals surface area contributed by atoms with E-state index in [2.05, 4.69) is 22.2 Å². The second-order valence-corrected chi connectivity index (χ2v) is 5.18. The van der Waals surface area contributed by atoms with Gasteiger partial charge in [0.2, 0.25) is 5.95 Å². The Balaban J connectivity index is 1.85. The summed E-state index contributed by atoms with van der Waals surface area (Å²) in [5.41, 5.74) is 9.85. The molecule has 0 amide bonds. The van der Waals surface area contributed by atoms with E-state index in [-0.39, 0.29) is 0 Å². The number of hydrogen-bond donors (Lipinski definition) is 1. The molecule has 0 aliphatic carbocycles. The first-order valence-electron chi connectivity index (χ1n) is 7.26. The number of nitrogen functional groups attached to an aromatic ring is 1. The number of aromatic nitrogens is 2. The Morgan fingerprint density at radius 1 is 1.13 bits per heavy atom. The van der Waals surface area contributed by atoms with E-state index in [1.807, 2.05) is 43.3 Å². The molecule has 2 aromatic carbocycles. The Hall–Kier alpha value is -3.08. The fraction of sp³-hybridized carbons (Fsp3) is 0.111. The third kappa shape index (κ3) is 3.40. The van der Waals surface area contributed by atoms with Crippen molar-refractivity contribution in [1.82, 2.24) is 9.66 Å². The summed E-state index contributed by atoms with van der Waals surface area (Å²) < 4.78 is 6.75. The van der Waals surface area contributed by atoms with Crippen LogP contribution < -0.4 is 10.5 Å². The number of hydrogen-bond acceptors (Lipinski definition) is 4. The Kier molecular flexibility index (Phi) is 4.10. The Labute approximate surface area is 135 Å². The predicted molar refractivity (Wildman–Crippen MR) is 92.8 cm³/mol. The van der Waals surface area contributed by atoms with E-state index in [0.717, 1.165) is 28.1 Å². The van der Waals surface area contributed by atoms with Crippen LogP contribution in [-0.2, 0) is 0 Å². The molecule has 0 fully saturated rings. The molecule has 5 heteroatoms. The first-order chi connectivity index (χ1) is 11.2. The van der Waals surface area contributed by atoms with Gasteiger partial charge in [-0.1, -0.05) is 30.3 Å². The summed E-state index contributed by atoms with van der Waals surface area (Å²) in [5, 5.41) is 4.34. The van der Waals surface area contributed by atoms with Gasteiger partial charge in [-0.05, 0) is 41.8 Å². The zero-order valence-corrected chi connectivity index (χ0v) is 13.1. The van der Waals surface area contributed by atoms with Crippen LogP contribution in [0, 0.1) is 6.92 Å². The second-order valence-electron chi connectivity index (χ2n) is 5.18. The van der Waals surface area contributed by atoms with Gasteiger partial charge in [-0.2, -0.15) is 5.10 Å². The zero-order chi connectivity index (χ0) is 16.2. The van der Waals surface area contributed by atoms with E-state index in [4.69, 9.17) is 10.5 Å². The fourth-order valence-corrected chi connectivity index (χ4v) is 2.31. The van der Waals surface area contributed by atoms with Crippen molar-refractivity contribution in [2.75, 3.05) is 12.8 Å². The van der Waals surface area contributed by atoms with Gasteiger partial charge in [0.15, 0.2) is 0 Å². The van der Waals surface area contributed by atoms with E-state index in [9.17, 15) is 0 Å². The predicted octanol–water partition coefficient (Wildman–Crippen LogP) is 3.33. The van der Waals surface area contributed by atoms with E-state index >= 15 is 0 Å². The number of nitrogens with zero attached hydrogens (tertiary/aromatic N) is 3. The zero-order valence-electron chi connectivity index (χ0n) is 13.1. The van der Waals surface area contributed by atoms with E-state index < -0.39 is 0 Å². The molecule has 3 rings (SSSR count). The topological polar surface area (TPSA) is 65.4 Å². The van der Waals surface area contributed by atoms with E-state index in [1.165, 1.54) is 0 Å². The van der Waals surface area contributed by atoms with Crippen molar-refractivity contribution in [3.63, 3.8) is 0 Å². The van der Waals surface area contributed by atoms with Crippen molar-refractivity contribution in [3.05, 3.63) is 66.0 Å². The molecule has 3 aromatic rings. The van der Waals surface area contributed by atoms with Gasteiger partial charge in [-0.3, -0.25) is 0 Å². The quantitative estimate of drug-likeness (QED) is 0.752. The summed E-state index contributed by atoms with van der Waals surface area (Å²) in [5.74, 6) is 1.22. The lowest BCUT2D eigenvalue weighted by Gasteiger charge is -2.05. The number of anilines is 1. The third-order valence-electron chi connectivity index (χ3n) is 3.48. The number of ether oxygens (including phenoxy) is 1. The molecule has 0 atom stereocenters. The van der Waals surface area contributed by atoms with Crippen LogP contribution in [0.25, 0.3) is 11.1 Å². The van der Waals surface area contributed by atoms with Crippen molar-refractivity contribution < 1.29 is 4.74 Å². The molecule has 5 nitrogen and oxygen atoms in total. The molecular formula is C18H18N4O. The van der Waals surface area contributed by atoms with Gasteiger partial charge in [-0.15, -0.1) is 0 Å². The normalized spacial score (nSPS) is 11.0. The minimum atomic E-state index is 0.380. The summed E-state index contributed by atoms with van der Waals surface area (Å²) in [6.45, 7) is 1.88. The minimum absolute atomic E-state index is 0.380. The lowest BCUT2D eigenvalue weighted by molar-refractivity contribution is 0.415. The fourth-order valence-electron chi connectivity index (χ4n) is 2.31. The van der Waals surface area contributed by atoms with Crippen LogP contribution in [0.2, 0.25) is 0 Å². The van der Waals surface area contributed by atoms with Gasteiger partial charge < -0.3 is 10.5 Å². The van der Waals surface area contributed by atoms with Crippen molar-refractivity contribution in [1.29, 1.82) is 0 Å². The van der Waals surface area contributed by atoms with Crippen molar-refractivity contribution in [3.8, 4) is 16.9 Å². The van der Waals surface area contributed by atoms with Gasteiger partial charge in [0.25, 0.3) is 0 Å². The number of methoxy groups -OCH3 is 1. The van der Waals surface area contributed by atoms with Crippen LogP contribution in [0.1, 0.15) is 11.3 Å². The molecular weight excluding hydrogens is 288 g/mol. The number of aryl methyl sites for hydroxylation is 1. The van der Waals surface area contributed by atoms with Crippen LogP contribution in [0.15, 0.2) is 59.8 Å². The molecule has 116 valence electrons. The van der Waals surface area contributed by atoms with Crippen LogP contribution >= 0.6 is 0 Å². The highest BCUT2D eigenvalue weighted by molar-refractivity contribution is 5.82. The van der Waals surface area contributed by atoms with Crippen molar-refractivity contribution >= 4 is 12.2 Å². The summed E-state index contributed by atoms with van der Waals surface area (Å²) in [7, 11) is 1.66. The van der Waals surface area contributed by atoms with Crippen LogP contribution in [0.4, 0.5) is 5.95 Å². The van der Waals surface area contributed by atoms with Gasteiger partial charge in [0.1, 0.15) is 5.75 Å². The first-order valence-corrected chi connectivity index (χ1v) is 7.26. The standard InChI is InChI=1S/C18H18N4O/c1-13-12-22(18(19)21-13)20-11-14-4-3-5-16(10-14)15-6-8-17(23-2)9-7-15/h3-12H,1-2H3,(H2,19,21). The summed E-state index contributed by atoms with van der Waals surface area (Å²) >= 11 is 0. The summed E-state index contributed by atoms with van der Waals surface area (Å²) in [6.07, 6.45) is 3.56. The molecule has 0 saturated heterocycles. The summed E-state index contributed by atoms with van der Waals surface area (Å²) in [6, 6.07) is 16.1. The SMILES string of the molecule is COc1ccc(-c2cccc(C=Nn3cc(C)nc3N)c2)cc1. The lowest BCUT2D eigenvalue weighted by Crippen LogP contribution is -1.97. The monoisotopic (exact) mass is 306 g/mol. The number of nitrogens with two attached hydrogens (primary N) is 1. The molecule has 0 radical (unpaired) electrons. The van der Waals surface area contributed by atoms with Gasteiger partial charge >= 0.3 is 0 Å². The van der Waals surface area contributed by atoms with Crippen LogP contribution in [-0.4, -0.2) is 23.0 Å². The lowest BCUT2D eigenvalue weighted by atomic mass is 10.0. The van der Waals surface area contributed by atoms with Crippen LogP contribution in [0.3, 0.4) is 0 Å². The van der Waals surface area contributed by atoms with Crippen molar-refractivity contribution in [2.45, 2.75) is 6.92 Å². The maximum Gasteiger partial charge on any atom is 0.221 e. The average molecular weight is 306 g/mol. The second kappa shape index (κ2) is 6.36. The van der Waals surface area contributed by atoms with Crippen LogP contribution in [0.5, 0.6) is 5.75 Å². The Bertz CT molecular complexity index is 834. The summed E-state index contributed by atoms with van der Waals surface area (Å²) in [4.78, 5) is 4.12. The molecule has 1 heterocycles. The molecule has 0 spiro atoms. The maximum atomic E-state index is 5.78. The highest BCUT2D eigenvalue weighted by Crippen LogP contribution is 2.22. The van der Waals surface area contributed by atoms with E-state index in [1.54, 1.807) is 24.2 Å². The highest BCUT2D eigenvalue weighted by Gasteiger charge is 2.01. The largest absolute Gasteiger partial charge is 0.497 e. The number of benzene rings is 2. The molecule has 0 unspecified atom stereocenters. The number of rotatable bonds is 4. The Morgan fingerprint density at radius 2 is 1.91 bits per heavy atom. The molecule has 1 aromatic heterocycles. The average Bonchev–Trinajstić information content (AvgIpc) is 2.91. The number of imidazole rings is 1. The van der Waals surface area contributed by atoms with Gasteiger partial charge in [0.05, 0.1) is 25.2 Å². The Morgan fingerprint density at radius 3 is 2.57 bits per heavy atom.